The second-order valence-electron chi connectivity index (χ2n) is 4.51. The number of alkyl halides is 3. The SMILES string of the molecule is CCNCc1ccc(OCCCOCC)c(C(F)(F)F)c1. The Morgan fingerprint density at radius 1 is 1.14 bits per heavy atom. The van der Waals surface area contributed by atoms with Crippen LogP contribution in [0.15, 0.2) is 18.2 Å². The molecule has 0 bridgehead atoms. The van der Waals surface area contributed by atoms with Crippen LogP contribution in [-0.2, 0) is 17.5 Å². The van der Waals surface area contributed by atoms with Crippen molar-refractivity contribution in [1.82, 2.24) is 5.32 Å². The molecule has 0 atom stereocenters. The minimum absolute atomic E-state index is 0.126. The second-order valence-corrected chi connectivity index (χ2v) is 4.51. The summed E-state index contributed by atoms with van der Waals surface area (Å²) < 4.78 is 49.5. The third kappa shape index (κ3) is 6.35. The summed E-state index contributed by atoms with van der Waals surface area (Å²) in [7, 11) is 0. The largest absolute Gasteiger partial charge is 0.493 e. The molecule has 0 unspecified atom stereocenters. The fraction of sp³-hybridized carbons (Fsp3) is 0.600. The molecule has 0 aromatic heterocycles. The van der Waals surface area contributed by atoms with E-state index in [0.717, 1.165) is 6.07 Å². The van der Waals surface area contributed by atoms with Gasteiger partial charge in [0.15, 0.2) is 0 Å². The van der Waals surface area contributed by atoms with E-state index in [2.05, 4.69) is 5.32 Å². The monoisotopic (exact) mass is 305 g/mol. The Labute approximate surface area is 123 Å². The molecule has 1 rings (SSSR count). The zero-order valence-electron chi connectivity index (χ0n) is 12.4. The molecule has 6 heteroatoms. The summed E-state index contributed by atoms with van der Waals surface area (Å²) in [6, 6.07) is 4.17. The van der Waals surface area contributed by atoms with E-state index in [0.29, 0.717) is 38.3 Å². The average Bonchev–Trinajstić information content (AvgIpc) is 2.44. The molecule has 0 saturated heterocycles. The third-order valence-electron chi connectivity index (χ3n) is 2.82. The first kappa shape index (κ1) is 17.8. The predicted molar refractivity (Wildman–Crippen MR) is 75.4 cm³/mol. The van der Waals surface area contributed by atoms with Gasteiger partial charge in [-0.2, -0.15) is 13.2 Å². The standard InChI is InChI=1S/C15H22F3NO2/c1-3-19-11-12-6-7-14(13(10-12)15(16,17)18)21-9-5-8-20-4-2/h6-7,10,19H,3-5,8-9,11H2,1-2H3. The lowest BCUT2D eigenvalue weighted by atomic mass is 10.1. The highest BCUT2D eigenvalue weighted by atomic mass is 19.4. The van der Waals surface area contributed by atoms with Crippen molar-refractivity contribution in [1.29, 1.82) is 0 Å². The zero-order chi connectivity index (χ0) is 15.7. The summed E-state index contributed by atoms with van der Waals surface area (Å²) in [6.45, 7) is 6.16. The van der Waals surface area contributed by atoms with Crippen LogP contribution in [0.4, 0.5) is 13.2 Å². The molecular formula is C15H22F3NO2. The quantitative estimate of drug-likeness (QED) is 0.707. The van der Waals surface area contributed by atoms with Crippen LogP contribution in [0.3, 0.4) is 0 Å². The topological polar surface area (TPSA) is 30.5 Å². The summed E-state index contributed by atoms with van der Waals surface area (Å²) in [5.74, 6) is -0.126. The first-order valence-electron chi connectivity index (χ1n) is 7.10. The lowest BCUT2D eigenvalue weighted by Gasteiger charge is -2.15. The normalized spacial score (nSPS) is 11.7. The summed E-state index contributed by atoms with van der Waals surface area (Å²) in [6.07, 6.45) is -3.86. The van der Waals surface area contributed by atoms with E-state index >= 15 is 0 Å². The highest BCUT2D eigenvalue weighted by Crippen LogP contribution is 2.36. The first-order chi connectivity index (χ1) is 9.99. The molecule has 0 amide bonds. The molecule has 120 valence electrons. The van der Waals surface area contributed by atoms with Crippen molar-refractivity contribution in [3.63, 3.8) is 0 Å². The van der Waals surface area contributed by atoms with Crippen LogP contribution in [0, 0.1) is 0 Å². The van der Waals surface area contributed by atoms with Crippen molar-refractivity contribution < 1.29 is 22.6 Å². The Morgan fingerprint density at radius 2 is 1.90 bits per heavy atom. The summed E-state index contributed by atoms with van der Waals surface area (Å²) >= 11 is 0. The summed E-state index contributed by atoms with van der Waals surface area (Å²) in [5.41, 5.74) is -0.139. The van der Waals surface area contributed by atoms with Crippen LogP contribution in [0.2, 0.25) is 0 Å². The van der Waals surface area contributed by atoms with Gasteiger partial charge < -0.3 is 14.8 Å². The van der Waals surface area contributed by atoms with Gasteiger partial charge in [0.05, 0.1) is 12.2 Å². The summed E-state index contributed by atoms with van der Waals surface area (Å²) in [5, 5.41) is 3.00. The minimum Gasteiger partial charge on any atom is -0.493 e. The smallest absolute Gasteiger partial charge is 0.419 e. The van der Waals surface area contributed by atoms with Crippen LogP contribution in [-0.4, -0.2) is 26.4 Å². The Balaban J connectivity index is 2.73. The number of benzene rings is 1. The van der Waals surface area contributed by atoms with Gasteiger partial charge in [-0.25, -0.2) is 0 Å². The van der Waals surface area contributed by atoms with E-state index in [1.54, 1.807) is 6.07 Å². The van der Waals surface area contributed by atoms with E-state index in [1.807, 2.05) is 13.8 Å². The molecule has 0 radical (unpaired) electrons. The maximum Gasteiger partial charge on any atom is 0.419 e. The molecule has 0 aliphatic rings. The van der Waals surface area contributed by atoms with E-state index in [-0.39, 0.29) is 12.4 Å². The van der Waals surface area contributed by atoms with E-state index < -0.39 is 11.7 Å². The average molecular weight is 305 g/mol. The Bertz CT molecular complexity index is 422. The van der Waals surface area contributed by atoms with Crippen LogP contribution in [0.5, 0.6) is 5.75 Å². The fourth-order valence-electron chi connectivity index (χ4n) is 1.79. The van der Waals surface area contributed by atoms with Gasteiger partial charge >= 0.3 is 6.18 Å². The molecule has 1 N–H and O–H groups in total. The van der Waals surface area contributed by atoms with Crippen molar-refractivity contribution in [2.45, 2.75) is 33.0 Å². The number of nitrogens with one attached hydrogen (secondary N) is 1. The van der Waals surface area contributed by atoms with Gasteiger partial charge in [0.2, 0.25) is 0 Å². The van der Waals surface area contributed by atoms with Gasteiger partial charge in [-0.3, -0.25) is 0 Å². The molecule has 3 nitrogen and oxygen atoms in total. The molecule has 0 fully saturated rings. The Morgan fingerprint density at radius 3 is 2.52 bits per heavy atom. The molecule has 0 spiro atoms. The number of rotatable bonds is 9. The number of ether oxygens (including phenoxy) is 2. The van der Waals surface area contributed by atoms with E-state index in [1.165, 1.54) is 6.07 Å². The maximum atomic E-state index is 13.1. The van der Waals surface area contributed by atoms with Crippen LogP contribution >= 0.6 is 0 Å². The minimum atomic E-state index is -4.42. The zero-order valence-corrected chi connectivity index (χ0v) is 12.4. The first-order valence-corrected chi connectivity index (χ1v) is 7.10. The lowest BCUT2D eigenvalue weighted by Crippen LogP contribution is -2.14. The van der Waals surface area contributed by atoms with Crippen LogP contribution < -0.4 is 10.1 Å². The van der Waals surface area contributed by atoms with Crippen molar-refractivity contribution >= 4 is 0 Å². The van der Waals surface area contributed by atoms with Crippen molar-refractivity contribution in [2.24, 2.45) is 0 Å². The van der Waals surface area contributed by atoms with Crippen molar-refractivity contribution in [2.75, 3.05) is 26.4 Å². The lowest BCUT2D eigenvalue weighted by molar-refractivity contribution is -0.139. The van der Waals surface area contributed by atoms with Gasteiger partial charge in [0.25, 0.3) is 0 Å². The van der Waals surface area contributed by atoms with E-state index in [9.17, 15) is 13.2 Å². The van der Waals surface area contributed by atoms with Gasteiger partial charge in [0, 0.05) is 26.2 Å². The Hall–Kier alpha value is -1.27. The number of hydrogen-bond acceptors (Lipinski definition) is 3. The highest BCUT2D eigenvalue weighted by Gasteiger charge is 2.34. The second kappa shape index (κ2) is 8.89. The van der Waals surface area contributed by atoms with E-state index in [4.69, 9.17) is 9.47 Å². The molecule has 0 saturated carbocycles. The van der Waals surface area contributed by atoms with Crippen molar-refractivity contribution in [3.8, 4) is 5.75 Å². The van der Waals surface area contributed by atoms with Gasteiger partial charge in [-0.1, -0.05) is 13.0 Å². The molecular weight excluding hydrogens is 283 g/mol. The van der Waals surface area contributed by atoms with Crippen LogP contribution in [0.1, 0.15) is 31.4 Å². The van der Waals surface area contributed by atoms with Crippen LogP contribution in [0.25, 0.3) is 0 Å². The molecule has 1 aromatic carbocycles. The van der Waals surface area contributed by atoms with Gasteiger partial charge in [-0.15, -0.1) is 0 Å². The fourth-order valence-corrected chi connectivity index (χ4v) is 1.79. The molecule has 1 aromatic rings. The molecule has 0 aliphatic heterocycles. The molecule has 21 heavy (non-hydrogen) atoms. The number of halogens is 3. The van der Waals surface area contributed by atoms with Crippen molar-refractivity contribution in [3.05, 3.63) is 29.3 Å². The highest BCUT2D eigenvalue weighted by molar-refractivity contribution is 5.39. The molecule has 0 aliphatic carbocycles. The summed E-state index contributed by atoms with van der Waals surface area (Å²) in [4.78, 5) is 0. The van der Waals surface area contributed by atoms with Gasteiger partial charge in [0.1, 0.15) is 5.75 Å². The number of hydrogen-bond donors (Lipinski definition) is 1. The van der Waals surface area contributed by atoms with Gasteiger partial charge in [-0.05, 0) is 31.2 Å². The maximum absolute atomic E-state index is 13.1. The Kier molecular flexibility index (Phi) is 7.53. The predicted octanol–water partition coefficient (Wildman–Crippen LogP) is 3.62. The molecule has 0 heterocycles. The third-order valence-corrected chi connectivity index (χ3v) is 2.82.